The minimum absolute atomic E-state index is 0.000183. The molecule has 0 bridgehead atoms. The third kappa shape index (κ3) is 3.35. The molecule has 0 aliphatic rings. The molecule has 1 aromatic carbocycles. The molecule has 0 amide bonds. The Bertz CT molecular complexity index is 581. The Kier molecular flexibility index (Phi) is 3.82. The van der Waals surface area contributed by atoms with Gasteiger partial charge in [-0.25, -0.2) is 9.78 Å². The highest BCUT2D eigenvalue weighted by atomic mass is 16.6. The molecule has 0 atom stereocenters. The fourth-order valence-corrected chi connectivity index (χ4v) is 1.42. The van der Waals surface area contributed by atoms with Crippen LogP contribution in [0.2, 0.25) is 0 Å². The Morgan fingerprint density at radius 2 is 1.95 bits per heavy atom. The van der Waals surface area contributed by atoms with Crippen molar-refractivity contribution in [3.8, 4) is 0 Å². The van der Waals surface area contributed by atoms with Crippen molar-refractivity contribution in [2.24, 2.45) is 0 Å². The van der Waals surface area contributed by atoms with E-state index in [0.717, 1.165) is 0 Å². The van der Waals surface area contributed by atoms with Gasteiger partial charge in [0.05, 0.1) is 4.92 Å². The van der Waals surface area contributed by atoms with Crippen LogP contribution in [0.15, 0.2) is 48.7 Å². The molecular weight excluding hydrogens is 248 g/mol. The number of nitro groups is 1. The van der Waals surface area contributed by atoms with Crippen LogP contribution >= 0.6 is 0 Å². The van der Waals surface area contributed by atoms with Crippen molar-refractivity contribution in [2.75, 3.05) is 0 Å². The van der Waals surface area contributed by atoms with Crippen molar-refractivity contribution in [1.29, 1.82) is 0 Å². The number of rotatable bonds is 4. The Labute approximate surface area is 108 Å². The lowest BCUT2D eigenvalue weighted by molar-refractivity contribution is -0.384. The van der Waals surface area contributed by atoms with Crippen LogP contribution in [-0.2, 0) is 11.3 Å². The van der Waals surface area contributed by atoms with Crippen molar-refractivity contribution >= 4 is 11.7 Å². The smallest absolute Gasteiger partial charge is 0.357 e. The van der Waals surface area contributed by atoms with E-state index in [1.807, 2.05) is 0 Å². The largest absolute Gasteiger partial charge is 0.456 e. The Morgan fingerprint density at radius 3 is 2.53 bits per heavy atom. The van der Waals surface area contributed by atoms with E-state index >= 15 is 0 Å². The van der Waals surface area contributed by atoms with E-state index in [1.54, 1.807) is 30.3 Å². The molecule has 0 fully saturated rings. The van der Waals surface area contributed by atoms with E-state index < -0.39 is 10.9 Å². The van der Waals surface area contributed by atoms with Gasteiger partial charge in [0.15, 0.2) is 0 Å². The van der Waals surface area contributed by atoms with Gasteiger partial charge in [0.2, 0.25) is 0 Å². The zero-order chi connectivity index (χ0) is 13.7. The molecule has 0 radical (unpaired) electrons. The van der Waals surface area contributed by atoms with Crippen LogP contribution in [-0.4, -0.2) is 15.9 Å². The lowest BCUT2D eigenvalue weighted by Gasteiger charge is -2.04. The molecule has 0 aliphatic carbocycles. The number of nitro benzene ring substituents is 1. The summed E-state index contributed by atoms with van der Waals surface area (Å²) in [7, 11) is 0. The zero-order valence-electron chi connectivity index (χ0n) is 9.85. The number of pyridine rings is 1. The van der Waals surface area contributed by atoms with E-state index in [9.17, 15) is 14.9 Å². The topological polar surface area (TPSA) is 82.3 Å². The minimum Gasteiger partial charge on any atom is -0.456 e. The maximum Gasteiger partial charge on any atom is 0.357 e. The quantitative estimate of drug-likeness (QED) is 0.477. The number of nitrogens with zero attached hydrogens (tertiary/aromatic N) is 2. The van der Waals surface area contributed by atoms with Gasteiger partial charge in [0, 0.05) is 18.3 Å². The minimum atomic E-state index is -0.529. The molecule has 0 N–H and O–H groups in total. The normalized spacial score (nSPS) is 9.89. The molecular formula is C13H10N2O4. The first-order valence-electron chi connectivity index (χ1n) is 5.48. The van der Waals surface area contributed by atoms with Gasteiger partial charge in [-0.1, -0.05) is 6.07 Å². The highest BCUT2D eigenvalue weighted by Crippen LogP contribution is 2.13. The SMILES string of the molecule is O=C(OCc1ccc([N+](=O)[O-])cc1)c1ccccn1. The summed E-state index contributed by atoms with van der Waals surface area (Å²) in [6.45, 7) is 0.0490. The van der Waals surface area contributed by atoms with Gasteiger partial charge >= 0.3 is 5.97 Å². The molecule has 2 rings (SSSR count). The second-order valence-electron chi connectivity index (χ2n) is 3.71. The first kappa shape index (κ1) is 12.7. The van der Waals surface area contributed by atoms with E-state index in [0.29, 0.717) is 5.56 Å². The summed E-state index contributed by atoms with van der Waals surface area (Å²) in [5.41, 5.74) is 0.902. The molecule has 0 spiro atoms. The summed E-state index contributed by atoms with van der Waals surface area (Å²) < 4.78 is 5.04. The average molecular weight is 258 g/mol. The Morgan fingerprint density at radius 1 is 1.21 bits per heavy atom. The second kappa shape index (κ2) is 5.72. The van der Waals surface area contributed by atoms with Crippen molar-refractivity contribution in [3.05, 3.63) is 70.0 Å². The number of hydrogen-bond acceptors (Lipinski definition) is 5. The maximum atomic E-state index is 11.6. The summed E-state index contributed by atoms with van der Waals surface area (Å²) >= 11 is 0. The van der Waals surface area contributed by atoms with Gasteiger partial charge in [0.1, 0.15) is 12.3 Å². The van der Waals surface area contributed by atoms with E-state index in [-0.39, 0.29) is 18.0 Å². The molecule has 0 saturated carbocycles. The second-order valence-corrected chi connectivity index (χ2v) is 3.71. The molecule has 2 aromatic rings. The zero-order valence-corrected chi connectivity index (χ0v) is 9.85. The molecule has 1 aromatic heterocycles. The van der Waals surface area contributed by atoms with E-state index in [4.69, 9.17) is 4.74 Å². The third-order valence-corrected chi connectivity index (χ3v) is 2.39. The molecule has 0 unspecified atom stereocenters. The Balaban J connectivity index is 1.95. The molecule has 96 valence electrons. The molecule has 6 nitrogen and oxygen atoms in total. The fraction of sp³-hybridized carbons (Fsp3) is 0.0769. The maximum absolute atomic E-state index is 11.6. The molecule has 1 heterocycles. The fourth-order valence-electron chi connectivity index (χ4n) is 1.42. The van der Waals surface area contributed by atoms with Gasteiger partial charge in [-0.05, 0) is 29.8 Å². The average Bonchev–Trinajstić information content (AvgIpc) is 2.46. The standard InChI is InChI=1S/C13H10N2O4/c16-13(12-3-1-2-8-14-12)19-9-10-4-6-11(7-5-10)15(17)18/h1-8H,9H2. The molecule has 0 saturated heterocycles. The molecule has 19 heavy (non-hydrogen) atoms. The monoisotopic (exact) mass is 258 g/mol. The number of non-ortho nitro benzene ring substituents is 1. The van der Waals surface area contributed by atoms with Gasteiger partial charge < -0.3 is 4.74 Å². The van der Waals surface area contributed by atoms with Gasteiger partial charge in [-0.3, -0.25) is 10.1 Å². The van der Waals surface area contributed by atoms with Crippen LogP contribution in [0.5, 0.6) is 0 Å². The lowest BCUT2D eigenvalue weighted by Crippen LogP contribution is -2.06. The van der Waals surface area contributed by atoms with Crippen LogP contribution in [0.3, 0.4) is 0 Å². The Hall–Kier alpha value is -2.76. The highest BCUT2D eigenvalue weighted by molar-refractivity contribution is 5.87. The molecule has 0 aliphatic heterocycles. The summed E-state index contributed by atoms with van der Waals surface area (Å²) in [6, 6.07) is 10.8. The van der Waals surface area contributed by atoms with Crippen LogP contribution in [0.4, 0.5) is 5.69 Å². The number of carbonyl (C=O) groups excluding carboxylic acids is 1. The first-order chi connectivity index (χ1) is 9.16. The van der Waals surface area contributed by atoms with E-state index in [2.05, 4.69) is 4.98 Å². The summed E-state index contributed by atoms with van der Waals surface area (Å²) in [5, 5.41) is 10.5. The van der Waals surface area contributed by atoms with Crippen LogP contribution < -0.4 is 0 Å². The number of ether oxygens (including phenoxy) is 1. The van der Waals surface area contributed by atoms with Crippen molar-refractivity contribution in [1.82, 2.24) is 4.98 Å². The van der Waals surface area contributed by atoms with Crippen LogP contribution in [0.25, 0.3) is 0 Å². The number of benzene rings is 1. The van der Waals surface area contributed by atoms with Gasteiger partial charge in [-0.15, -0.1) is 0 Å². The third-order valence-electron chi connectivity index (χ3n) is 2.39. The highest BCUT2D eigenvalue weighted by Gasteiger charge is 2.09. The summed E-state index contributed by atoms with van der Waals surface area (Å²) in [4.78, 5) is 25.5. The predicted molar refractivity (Wildman–Crippen MR) is 66.5 cm³/mol. The van der Waals surface area contributed by atoms with E-state index in [1.165, 1.54) is 18.3 Å². The van der Waals surface area contributed by atoms with Crippen LogP contribution in [0, 0.1) is 10.1 Å². The number of aromatic nitrogens is 1. The number of esters is 1. The van der Waals surface area contributed by atoms with Crippen LogP contribution in [0.1, 0.15) is 16.1 Å². The predicted octanol–water partition coefficient (Wildman–Crippen LogP) is 2.35. The first-order valence-corrected chi connectivity index (χ1v) is 5.48. The van der Waals surface area contributed by atoms with Gasteiger partial charge in [0.25, 0.3) is 5.69 Å². The van der Waals surface area contributed by atoms with Gasteiger partial charge in [-0.2, -0.15) is 0 Å². The van der Waals surface area contributed by atoms with Crippen molar-refractivity contribution in [2.45, 2.75) is 6.61 Å². The van der Waals surface area contributed by atoms with Crippen molar-refractivity contribution in [3.63, 3.8) is 0 Å². The summed E-state index contributed by atoms with van der Waals surface area (Å²) in [6.07, 6.45) is 1.50. The number of carbonyl (C=O) groups is 1. The molecule has 6 heteroatoms. The number of hydrogen-bond donors (Lipinski definition) is 0. The lowest BCUT2D eigenvalue weighted by atomic mass is 10.2. The van der Waals surface area contributed by atoms with Crippen molar-refractivity contribution < 1.29 is 14.5 Å². The summed E-state index contributed by atoms with van der Waals surface area (Å²) in [5.74, 6) is -0.529.